The Morgan fingerprint density at radius 2 is 2.10 bits per heavy atom. The number of benzene rings is 1. The summed E-state index contributed by atoms with van der Waals surface area (Å²) in [5.74, 6) is 0.920. The third-order valence-corrected chi connectivity index (χ3v) is 4.61. The first-order valence-corrected chi connectivity index (χ1v) is 8.01. The third kappa shape index (κ3) is 2.88. The Morgan fingerprint density at radius 1 is 1.35 bits per heavy atom. The van der Waals surface area contributed by atoms with Gasteiger partial charge in [0.05, 0.1) is 16.3 Å². The van der Waals surface area contributed by atoms with Crippen LogP contribution in [0.15, 0.2) is 18.2 Å². The van der Waals surface area contributed by atoms with Crippen LogP contribution in [0.25, 0.3) is 10.2 Å². The smallest absolute Gasteiger partial charge is 0.186 e. The summed E-state index contributed by atoms with van der Waals surface area (Å²) in [7, 11) is 0. The lowest BCUT2D eigenvalue weighted by atomic mass is 10.1. The van der Waals surface area contributed by atoms with Crippen molar-refractivity contribution < 1.29 is 4.74 Å². The Kier molecular flexibility index (Phi) is 3.81. The lowest BCUT2D eigenvalue weighted by Crippen LogP contribution is -2.39. The van der Waals surface area contributed by atoms with Crippen LogP contribution in [-0.4, -0.2) is 30.2 Å². The Bertz CT molecular complexity index is 588. The molecule has 20 heavy (non-hydrogen) atoms. The van der Waals surface area contributed by atoms with Gasteiger partial charge in [0.15, 0.2) is 5.13 Å². The van der Waals surface area contributed by atoms with Crippen LogP contribution < -0.4 is 15.4 Å². The maximum absolute atomic E-state index is 5.96. The molecule has 0 amide bonds. The van der Waals surface area contributed by atoms with E-state index in [0.29, 0.717) is 6.04 Å². The number of fused-ring (bicyclic) bond motifs is 1. The fourth-order valence-corrected chi connectivity index (χ4v) is 3.51. The maximum Gasteiger partial charge on any atom is 0.186 e. The highest BCUT2D eigenvalue weighted by molar-refractivity contribution is 7.22. The highest BCUT2D eigenvalue weighted by Gasteiger charge is 2.19. The summed E-state index contributed by atoms with van der Waals surface area (Å²) in [5, 5.41) is 1.11. The molecule has 1 aliphatic heterocycles. The molecule has 0 unspecified atom stereocenters. The molecule has 2 heterocycles. The minimum atomic E-state index is 0.198. The van der Waals surface area contributed by atoms with Crippen LogP contribution in [-0.2, 0) is 0 Å². The zero-order valence-electron chi connectivity index (χ0n) is 12.0. The number of nitrogens with zero attached hydrogens (tertiary/aromatic N) is 2. The van der Waals surface area contributed by atoms with E-state index in [-0.39, 0.29) is 6.10 Å². The summed E-state index contributed by atoms with van der Waals surface area (Å²) in [6.07, 6.45) is 2.30. The van der Waals surface area contributed by atoms with Crippen LogP contribution in [0, 0.1) is 0 Å². The fourth-order valence-electron chi connectivity index (χ4n) is 2.46. The predicted molar refractivity (Wildman–Crippen MR) is 84.8 cm³/mol. The van der Waals surface area contributed by atoms with Crippen molar-refractivity contribution in [1.29, 1.82) is 0 Å². The van der Waals surface area contributed by atoms with Crippen molar-refractivity contribution in [2.24, 2.45) is 5.73 Å². The van der Waals surface area contributed by atoms with E-state index < -0.39 is 0 Å². The number of aromatic nitrogens is 1. The largest absolute Gasteiger partial charge is 0.491 e. The van der Waals surface area contributed by atoms with Crippen molar-refractivity contribution in [3.05, 3.63) is 18.2 Å². The molecule has 3 rings (SSSR count). The van der Waals surface area contributed by atoms with Crippen molar-refractivity contribution in [3.8, 4) is 5.75 Å². The van der Waals surface area contributed by atoms with E-state index in [0.717, 1.165) is 42.3 Å². The molecule has 1 aromatic heterocycles. The molecule has 108 valence electrons. The molecule has 1 aromatic carbocycles. The zero-order valence-corrected chi connectivity index (χ0v) is 12.8. The van der Waals surface area contributed by atoms with Crippen LogP contribution in [0.2, 0.25) is 0 Å². The highest BCUT2D eigenvalue weighted by atomic mass is 32.1. The molecule has 0 bridgehead atoms. The van der Waals surface area contributed by atoms with Crippen LogP contribution >= 0.6 is 11.3 Å². The van der Waals surface area contributed by atoms with Crippen molar-refractivity contribution in [2.75, 3.05) is 18.0 Å². The van der Waals surface area contributed by atoms with Gasteiger partial charge in [-0.05, 0) is 44.9 Å². The molecule has 2 aromatic rings. The standard InChI is InChI=1S/C15H21N3OS/c1-10(2)19-12-3-4-13-14(9-12)20-15(17-13)18-7-5-11(16)6-8-18/h3-4,9-11H,5-8,16H2,1-2H3. The van der Waals surface area contributed by atoms with Gasteiger partial charge in [0, 0.05) is 19.1 Å². The van der Waals surface area contributed by atoms with Gasteiger partial charge in [-0.3, -0.25) is 0 Å². The van der Waals surface area contributed by atoms with Gasteiger partial charge in [0.1, 0.15) is 5.75 Å². The van der Waals surface area contributed by atoms with Crippen LogP contribution in [0.5, 0.6) is 5.75 Å². The average Bonchev–Trinajstić information content (AvgIpc) is 2.81. The van der Waals surface area contributed by atoms with E-state index in [1.807, 2.05) is 26.0 Å². The summed E-state index contributed by atoms with van der Waals surface area (Å²) >= 11 is 1.74. The number of hydrogen-bond acceptors (Lipinski definition) is 5. The van der Waals surface area contributed by atoms with Crippen molar-refractivity contribution in [3.63, 3.8) is 0 Å². The number of piperidine rings is 1. The Morgan fingerprint density at radius 3 is 2.80 bits per heavy atom. The molecule has 0 radical (unpaired) electrons. The first-order chi connectivity index (χ1) is 9.61. The molecule has 2 N–H and O–H groups in total. The second-order valence-corrected chi connectivity index (χ2v) is 6.63. The van der Waals surface area contributed by atoms with Gasteiger partial charge in [0.25, 0.3) is 0 Å². The van der Waals surface area contributed by atoms with Gasteiger partial charge in [-0.1, -0.05) is 11.3 Å². The molecular weight excluding hydrogens is 270 g/mol. The second-order valence-electron chi connectivity index (χ2n) is 5.62. The molecule has 1 aliphatic rings. The quantitative estimate of drug-likeness (QED) is 0.944. The molecule has 1 fully saturated rings. The third-order valence-electron chi connectivity index (χ3n) is 3.53. The number of thiazole rings is 1. The first kappa shape index (κ1) is 13.6. The van der Waals surface area contributed by atoms with Gasteiger partial charge >= 0.3 is 0 Å². The number of hydrogen-bond donors (Lipinski definition) is 1. The zero-order chi connectivity index (χ0) is 14.1. The molecule has 1 saturated heterocycles. The van der Waals surface area contributed by atoms with E-state index in [2.05, 4.69) is 11.0 Å². The van der Waals surface area contributed by atoms with Gasteiger partial charge in [0.2, 0.25) is 0 Å². The van der Waals surface area contributed by atoms with E-state index in [1.54, 1.807) is 11.3 Å². The molecule has 5 heteroatoms. The van der Waals surface area contributed by atoms with Crippen LogP contribution in [0.1, 0.15) is 26.7 Å². The Labute approximate surface area is 123 Å². The van der Waals surface area contributed by atoms with E-state index >= 15 is 0 Å². The van der Waals surface area contributed by atoms with E-state index in [9.17, 15) is 0 Å². The first-order valence-electron chi connectivity index (χ1n) is 7.19. The number of ether oxygens (including phenoxy) is 1. The summed E-state index contributed by atoms with van der Waals surface area (Å²) < 4.78 is 6.93. The average molecular weight is 291 g/mol. The molecule has 0 saturated carbocycles. The number of rotatable bonds is 3. The molecule has 4 nitrogen and oxygen atoms in total. The monoisotopic (exact) mass is 291 g/mol. The lowest BCUT2D eigenvalue weighted by Gasteiger charge is -2.29. The molecule has 0 atom stereocenters. The van der Waals surface area contributed by atoms with Gasteiger partial charge in [-0.15, -0.1) is 0 Å². The number of nitrogens with two attached hydrogens (primary N) is 1. The van der Waals surface area contributed by atoms with Crippen molar-refractivity contribution in [1.82, 2.24) is 4.98 Å². The SMILES string of the molecule is CC(C)Oc1ccc2nc(N3CCC(N)CC3)sc2c1. The normalized spacial score (nSPS) is 17.1. The van der Waals surface area contributed by atoms with Crippen molar-refractivity contribution >= 4 is 26.7 Å². The minimum Gasteiger partial charge on any atom is -0.491 e. The van der Waals surface area contributed by atoms with Crippen LogP contribution in [0.3, 0.4) is 0 Å². The summed E-state index contributed by atoms with van der Waals surface area (Å²) in [5.41, 5.74) is 7.01. The van der Waals surface area contributed by atoms with Gasteiger partial charge < -0.3 is 15.4 Å². The summed E-state index contributed by atoms with van der Waals surface area (Å²) in [4.78, 5) is 7.07. The Hall–Kier alpha value is -1.33. The topological polar surface area (TPSA) is 51.4 Å². The Balaban J connectivity index is 1.83. The summed E-state index contributed by atoms with van der Waals surface area (Å²) in [6, 6.07) is 6.49. The van der Waals surface area contributed by atoms with Crippen LogP contribution in [0.4, 0.5) is 5.13 Å². The van der Waals surface area contributed by atoms with Gasteiger partial charge in [-0.2, -0.15) is 0 Å². The predicted octanol–water partition coefficient (Wildman–Crippen LogP) is 3.01. The van der Waals surface area contributed by atoms with E-state index in [4.69, 9.17) is 15.5 Å². The molecule has 0 spiro atoms. The van der Waals surface area contributed by atoms with Gasteiger partial charge in [-0.25, -0.2) is 4.98 Å². The highest BCUT2D eigenvalue weighted by Crippen LogP contribution is 2.32. The second kappa shape index (κ2) is 5.58. The van der Waals surface area contributed by atoms with Crippen molar-refractivity contribution in [2.45, 2.75) is 38.8 Å². The lowest BCUT2D eigenvalue weighted by molar-refractivity contribution is 0.243. The molecular formula is C15H21N3OS. The summed E-state index contributed by atoms with van der Waals surface area (Å²) in [6.45, 7) is 6.10. The number of anilines is 1. The van der Waals surface area contributed by atoms with E-state index in [1.165, 1.54) is 4.70 Å². The fraction of sp³-hybridized carbons (Fsp3) is 0.533. The molecule has 0 aliphatic carbocycles. The minimum absolute atomic E-state index is 0.198. The maximum atomic E-state index is 5.96.